The van der Waals surface area contributed by atoms with Crippen molar-refractivity contribution in [2.45, 2.75) is 57.4 Å². The molecule has 6 nitrogen and oxygen atoms in total. The molecule has 1 aromatic rings. The Morgan fingerprint density at radius 1 is 1.22 bits per heavy atom. The summed E-state index contributed by atoms with van der Waals surface area (Å²) < 4.78 is 1.82. The van der Waals surface area contributed by atoms with Crippen molar-refractivity contribution in [1.82, 2.24) is 14.5 Å². The molecule has 2 aliphatic rings. The molecule has 0 bridgehead atoms. The smallest absolute Gasteiger partial charge is 0.237 e. The van der Waals surface area contributed by atoms with Crippen molar-refractivity contribution in [2.24, 2.45) is 11.7 Å². The van der Waals surface area contributed by atoms with Crippen LogP contribution in [0.5, 0.6) is 0 Å². The fourth-order valence-electron chi connectivity index (χ4n) is 3.99. The molecule has 2 heterocycles. The third-order valence-corrected chi connectivity index (χ3v) is 5.15. The molecule has 1 aromatic heterocycles. The van der Waals surface area contributed by atoms with Crippen LogP contribution in [-0.4, -0.2) is 39.4 Å². The van der Waals surface area contributed by atoms with Crippen LogP contribution in [0.25, 0.3) is 0 Å². The van der Waals surface area contributed by atoms with Gasteiger partial charge in [-0.25, -0.2) is 4.98 Å². The number of amides is 2. The van der Waals surface area contributed by atoms with Gasteiger partial charge in [0.25, 0.3) is 0 Å². The van der Waals surface area contributed by atoms with E-state index in [1.807, 2.05) is 9.47 Å². The van der Waals surface area contributed by atoms with Crippen LogP contribution in [0.3, 0.4) is 0 Å². The number of aromatic nitrogens is 2. The second-order valence-corrected chi connectivity index (χ2v) is 6.91. The molecule has 1 atom stereocenters. The minimum Gasteiger partial charge on any atom is -0.368 e. The highest BCUT2D eigenvalue weighted by Gasteiger charge is 2.29. The first-order chi connectivity index (χ1) is 11.1. The number of carbonyl (C=O) groups excluding carboxylic acids is 2. The highest BCUT2D eigenvalue weighted by Crippen LogP contribution is 2.30. The summed E-state index contributed by atoms with van der Waals surface area (Å²) in [5.74, 6) is 1.58. The van der Waals surface area contributed by atoms with Crippen LogP contribution in [-0.2, 0) is 16.1 Å². The highest BCUT2D eigenvalue weighted by atomic mass is 16.2. The van der Waals surface area contributed by atoms with Gasteiger partial charge in [-0.05, 0) is 31.6 Å². The largest absolute Gasteiger partial charge is 0.368 e. The molecular formula is C17H26N4O2. The maximum Gasteiger partial charge on any atom is 0.237 e. The Morgan fingerprint density at radius 3 is 2.74 bits per heavy atom. The average molecular weight is 318 g/mol. The van der Waals surface area contributed by atoms with Gasteiger partial charge in [0.1, 0.15) is 12.4 Å². The van der Waals surface area contributed by atoms with E-state index in [0.717, 1.165) is 25.2 Å². The van der Waals surface area contributed by atoms with Gasteiger partial charge in [-0.1, -0.05) is 12.8 Å². The van der Waals surface area contributed by atoms with E-state index in [9.17, 15) is 9.59 Å². The van der Waals surface area contributed by atoms with Crippen LogP contribution in [0.2, 0.25) is 0 Å². The van der Waals surface area contributed by atoms with Crippen molar-refractivity contribution in [3.05, 3.63) is 18.2 Å². The Balaban J connectivity index is 1.62. The minimum atomic E-state index is -0.366. The topological polar surface area (TPSA) is 81.2 Å². The second kappa shape index (κ2) is 7.15. The van der Waals surface area contributed by atoms with E-state index in [0.29, 0.717) is 18.9 Å². The fourth-order valence-corrected chi connectivity index (χ4v) is 3.99. The molecule has 2 N–H and O–H groups in total. The fraction of sp³-hybridized carbons (Fsp3) is 0.706. The Labute approximate surface area is 137 Å². The number of primary amides is 1. The van der Waals surface area contributed by atoms with E-state index in [2.05, 4.69) is 4.98 Å². The predicted molar refractivity (Wildman–Crippen MR) is 86.6 cm³/mol. The van der Waals surface area contributed by atoms with E-state index in [1.54, 1.807) is 12.4 Å². The second-order valence-electron chi connectivity index (χ2n) is 6.91. The van der Waals surface area contributed by atoms with Crippen LogP contribution in [0.15, 0.2) is 12.4 Å². The summed E-state index contributed by atoms with van der Waals surface area (Å²) in [5, 5.41) is 0. The standard InChI is InChI=1S/C17H26N4O2/c18-15(22)12-21-9-7-19-17(21)14-6-3-8-20(11-14)16(23)10-13-4-1-2-5-13/h7,9,13-14H,1-6,8,10-12H2,(H2,18,22)/t14-/m0/s1. The summed E-state index contributed by atoms with van der Waals surface area (Å²) in [7, 11) is 0. The molecule has 126 valence electrons. The average Bonchev–Trinajstić information content (AvgIpc) is 3.18. The van der Waals surface area contributed by atoms with Crippen molar-refractivity contribution < 1.29 is 9.59 Å². The predicted octanol–water partition coefficient (Wildman–Crippen LogP) is 1.65. The molecule has 1 aliphatic heterocycles. The van der Waals surface area contributed by atoms with Gasteiger partial charge < -0.3 is 15.2 Å². The Hall–Kier alpha value is -1.85. The number of hydrogen-bond donors (Lipinski definition) is 1. The summed E-state index contributed by atoms with van der Waals surface area (Å²) in [5.41, 5.74) is 5.30. The third kappa shape index (κ3) is 3.92. The van der Waals surface area contributed by atoms with Gasteiger partial charge in [0.2, 0.25) is 11.8 Å². The zero-order valence-electron chi connectivity index (χ0n) is 13.6. The van der Waals surface area contributed by atoms with Gasteiger partial charge in [0.15, 0.2) is 0 Å². The van der Waals surface area contributed by atoms with Crippen LogP contribution >= 0.6 is 0 Å². The summed E-state index contributed by atoms with van der Waals surface area (Å²) in [6.07, 6.45) is 11.1. The van der Waals surface area contributed by atoms with Crippen LogP contribution in [0.1, 0.15) is 56.7 Å². The summed E-state index contributed by atoms with van der Waals surface area (Å²) in [4.78, 5) is 30.1. The van der Waals surface area contributed by atoms with Crippen molar-refractivity contribution in [3.8, 4) is 0 Å². The molecule has 1 saturated carbocycles. The number of nitrogens with zero attached hydrogens (tertiary/aromatic N) is 3. The summed E-state index contributed by atoms with van der Waals surface area (Å²) >= 11 is 0. The number of rotatable bonds is 5. The van der Waals surface area contributed by atoms with E-state index in [1.165, 1.54) is 25.7 Å². The van der Waals surface area contributed by atoms with Gasteiger partial charge >= 0.3 is 0 Å². The zero-order chi connectivity index (χ0) is 16.2. The molecule has 1 aliphatic carbocycles. The first kappa shape index (κ1) is 16.0. The molecule has 2 fully saturated rings. The molecule has 0 unspecified atom stereocenters. The number of hydrogen-bond acceptors (Lipinski definition) is 3. The number of likely N-dealkylation sites (tertiary alicyclic amines) is 1. The van der Waals surface area contributed by atoms with Gasteiger partial charge in [0, 0.05) is 37.8 Å². The van der Waals surface area contributed by atoms with Crippen molar-refractivity contribution in [1.29, 1.82) is 0 Å². The lowest BCUT2D eigenvalue weighted by atomic mass is 9.95. The number of carbonyl (C=O) groups is 2. The van der Waals surface area contributed by atoms with Crippen molar-refractivity contribution in [2.75, 3.05) is 13.1 Å². The molecule has 1 saturated heterocycles. The number of nitrogens with two attached hydrogens (primary N) is 1. The monoisotopic (exact) mass is 318 g/mol. The molecule has 0 spiro atoms. The summed E-state index contributed by atoms with van der Waals surface area (Å²) in [6.45, 7) is 1.71. The van der Waals surface area contributed by atoms with Crippen LogP contribution in [0, 0.1) is 5.92 Å². The van der Waals surface area contributed by atoms with Crippen molar-refractivity contribution >= 4 is 11.8 Å². The molecule has 0 aromatic carbocycles. The maximum absolute atomic E-state index is 12.6. The molecule has 23 heavy (non-hydrogen) atoms. The van der Waals surface area contributed by atoms with Crippen molar-refractivity contribution in [3.63, 3.8) is 0 Å². The van der Waals surface area contributed by atoms with Gasteiger partial charge in [-0.15, -0.1) is 0 Å². The molecule has 0 radical (unpaired) electrons. The normalized spacial score (nSPS) is 22.4. The highest BCUT2D eigenvalue weighted by molar-refractivity contribution is 5.76. The van der Waals surface area contributed by atoms with E-state index in [4.69, 9.17) is 5.73 Å². The van der Waals surface area contributed by atoms with Gasteiger partial charge in [0.05, 0.1) is 0 Å². The Kier molecular flexibility index (Phi) is 4.98. The third-order valence-electron chi connectivity index (χ3n) is 5.15. The van der Waals surface area contributed by atoms with Gasteiger partial charge in [-0.2, -0.15) is 0 Å². The van der Waals surface area contributed by atoms with E-state index in [-0.39, 0.29) is 24.3 Å². The Morgan fingerprint density at radius 2 is 2.00 bits per heavy atom. The molecule has 6 heteroatoms. The summed E-state index contributed by atoms with van der Waals surface area (Å²) in [6, 6.07) is 0. The first-order valence-electron chi connectivity index (χ1n) is 8.70. The lowest BCUT2D eigenvalue weighted by Crippen LogP contribution is -2.40. The van der Waals surface area contributed by atoms with Gasteiger partial charge in [-0.3, -0.25) is 9.59 Å². The maximum atomic E-state index is 12.6. The van der Waals surface area contributed by atoms with Crippen LogP contribution in [0.4, 0.5) is 0 Å². The molecular weight excluding hydrogens is 292 g/mol. The van der Waals surface area contributed by atoms with E-state index >= 15 is 0 Å². The van der Waals surface area contributed by atoms with E-state index < -0.39 is 0 Å². The number of piperidine rings is 1. The number of imidazole rings is 1. The molecule has 3 rings (SSSR count). The quantitative estimate of drug-likeness (QED) is 0.896. The lowest BCUT2D eigenvalue weighted by Gasteiger charge is -2.33. The van der Waals surface area contributed by atoms with Crippen LogP contribution < -0.4 is 5.73 Å². The SMILES string of the molecule is NC(=O)Cn1ccnc1[C@H]1CCCN(C(=O)CC2CCCC2)C1. The lowest BCUT2D eigenvalue weighted by molar-refractivity contribution is -0.133. The first-order valence-corrected chi connectivity index (χ1v) is 8.70. The zero-order valence-corrected chi connectivity index (χ0v) is 13.6. The molecule has 2 amide bonds. The minimum absolute atomic E-state index is 0.155. The Bertz CT molecular complexity index is 563.